The van der Waals surface area contributed by atoms with Crippen molar-refractivity contribution in [2.45, 2.75) is 19.4 Å². The average molecular weight is 255 g/mol. The van der Waals surface area contributed by atoms with Crippen LogP contribution in [0.25, 0.3) is 0 Å². The van der Waals surface area contributed by atoms with Crippen molar-refractivity contribution in [2.24, 2.45) is 0 Å². The van der Waals surface area contributed by atoms with Gasteiger partial charge in [-0.25, -0.2) is 9.88 Å². The number of hydrogen-bond acceptors (Lipinski definition) is 3. The molecule has 1 atom stereocenters. The number of carbonyl (C=O) groups is 2. The van der Waals surface area contributed by atoms with E-state index in [0.29, 0.717) is 5.69 Å². The third-order valence-corrected chi connectivity index (χ3v) is 3.30. The Morgan fingerprint density at radius 3 is 2.58 bits per heavy atom. The minimum absolute atomic E-state index is 0.174. The summed E-state index contributed by atoms with van der Waals surface area (Å²) < 4.78 is 1.68. The first-order valence-corrected chi connectivity index (χ1v) is 6.08. The molecule has 0 radical (unpaired) electrons. The summed E-state index contributed by atoms with van der Waals surface area (Å²) in [4.78, 5) is 29.6. The van der Waals surface area contributed by atoms with E-state index in [1.54, 1.807) is 35.4 Å². The lowest BCUT2D eigenvalue weighted by Crippen LogP contribution is -2.30. The van der Waals surface area contributed by atoms with Gasteiger partial charge in [-0.2, -0.15) is 0 Å². The van der Waals surface area contributed by atoms with Crippen molar-refractivity contribution in [1.29, 1.82) is 0 Å². The molecule has 0 spiro atoms. The van der Waals surface area contributed by atoms with Crippen LogP contribution in [-0.2, 0) is 9.59 Å². The Bertz CT molecular complexity index is 617. The molecule has 0 saturated carbocycles. The van der Waals surface area contributed by atoms with Gasteiger partial charge in [-0.15, -0.1) is 0 Å². The van der Waals surface area contributed by atoms with Gasteiger partial charge in [0, 0.05) is 12.4 Å². The number of rotatable bonds is 2. The molecule has 0 N–H and O–H groups in total. The predicted molar refractivity (Wildman–Crippen MR) is 69.6 cm³/mol. The molecule has 5 heteroatoms. The Labute approximate surface area is 110 Å². The Balaban J connectivity index is 1.93. The van der Waals surface area contributed by atoms with Crippen molar-refractivity contribution < 1.29 is 9.59 Å². The monoisotopic (exact) mass is 255 g/mol. The molecule has 0 aliphatic carbocycles. The molecular weight excluding hydrogens is 242 g/mol. The minimum Gasteiger partial charge on any atom is -0.324 e. The first-order chi connectivity index (χ1) is 9.16. The zero-order valence-electron chi connectivity index (χ0n) is 10.5. The highest BCUT2D eigenvalue weighted by atomic mass is 16.2. The van der Waals surface area contributed by atoms with Crippen LogP contribution in [0.3, 0.4) is 0 Å². The molecule has 2 heterocycles. The zero-order chi connectivity index (χ0) is 13.4. The lowest BCUT2D eigenvalue weighted by Gasteiger charge is -2.15. The van der Waals surface area contributed by atoms with Gasteiger partial charge in [0.25, 0.3) is 5.91 Å². The summed E-state index contributed by atoms with van der Waals surface area (Å²) in [5, 5.41) is 0. The highest BCUT2D eigenvalue weighted by molar-refractivity contribution is 6.21. The fourth-order valence-electron chi connectivity index (χ4n) is 2.27. The maximum atomic E-state index is 12.4. The average Bonchev–Trinajstić information content (AvgIpc) is 3.00. The number of amides is 2. The summed E-state index contributed by atoms with van der Waals surface area (Å²) in [5.74, 6) is -0.376. The van der Waals surface area contributed by atoms with Gasteiger partial charge < -0.3 is 4.57 Å². The van der Waals surface area contributed by atoms with Crippen molar-refractivity contribution in [3.05, 3.63) is 48.5 Å². The van der Waals surface area contributed by atoms with Gasteiger partial charge in [0.2, 0.25) is 5.91 Å². The predicted octanol–water partition coefficient (Wildman–Crippen LogP) is 1.70. The third kappa shape index (κ3) is 1.93. The van der Waals surface area contributed by atoms with Gasteiger partial charge in [-0.3, -0.25) is 9.59 Å². The zero-order valence-corrected chi connectivity index (χ0v) is 10.5. The van der Waals surface area contributed by atoms with Crippen molar-refractivity contribution in [1.82, 2.24) is 9.55 Å². The van der Waals surface area contributed by atoms with Crippen LogP contribution >= 0.6 is 0 Å². The second-order valence-corrected chi connectivity index (χ2v) is 4.63. The molecule has 1 aromatic carbocycles. The topological polar surface area (TPSA) is 55.2 Å². The molecule has 5 nitrogen and oxygen atoms in total. The molecule has 1 saturated heterocycles. The molecular formula is C14H13N3O2. The number of carbonyl (C=O) groups excluding carboxylic acids is 2. The lowest BCUT2D eigenvalue weighted by atomic mass is 10.2. The molecule has 1 aliphatic heterocycles. The lowest BCUT2D eigenvalue weighted by molar-refractivity contribution is -0.122. The molecule has 2 aromatic rings. The largest absolute Gasteiger partial charge is 0.324 e. The van der Waals surface area contributed by atoms with E-state index in [1.165, 1.54) is 4.90 Å². The van der Waals surface area contributed by atoms with Crippen LogP contribution in [0.15, 0.2) is 43.0 Å². The number of imidazole rings is 1. The van der Waals surface area contributed by atoms with E-state index in [4.69, 9.17) is 0 Å². The van der Waals surface area contributed by atoms with Gasteiger partial charge >= 0.3 is 0 Å². The summed E-state index contributed by atoms with van der Waals surface area (Å²) in [6.07, 6.45) is 5.05. The Morgan fingerprint density at radius 1 is 1.21 bits per heavy atom. The molecule has 19 heavy (non-hydrogen) atoms. The highest BCUT2D eigenvalue weighted by Crippen LogP contribution is 2.29. The van der Waals surface area contributed by atoms with Gasteiger partial charge in [-0.05, 0) is 19.1 Å². The van der Waals surface area contributed by atoms with Crippen molar-refractivity contribution >= 4 is 17.5 Å². The fraction of sp³-hybridized carbons (Fsp3) is 0.214. The van der Waals surface area contributed by atoms with Gasteiger partial charge in [0.05, 0.1) is 18.4 Å². The van der Waals surface area contributed by atoms with E-state index < -0.39 is 6.04 Å². The van der Waals surface area contributed by atoms with Crippen LogP contribution in [0.2, 0.25) is 0 Å². The molecule has 1 fully saturated rings. The normalized spacial score (nSPS) is 19.2. The molecule has 0 unspecified atom stereocenters. The molecule has 1 aromatic heterocycles. The van der Waals surface area contributed by atoms with Crippen molar-refractivity contribution in [3.63, 3.8) is 0 Å². The van der Waals surface area contributed by atoms with Crippen LogP contribution in [-0.4, -0.2) is 21.4 Å². The number of imide groups is 1. The maximum absolute atomic E-state index is 12.4. The van der Waals surface area contributed by atoms with E-state index in [0.717, 1.165) is 5.56 Å². The van der Waals surface area contributed by atoms with Crippen molar-refractivity contribution in [3.8, 4) is 0 Å². The van der Waals surface area contributed by atoms with Crippen molar-refractivity contribution in [2.75, 3.05) is 4.90 Å². The van der Waals surface area contributed by atoms with Gasteiger partial charge in [-0.1, -0.05) is 17.7 Å². The van der Waals surface area contributed by atoms with E-state index >= 15 is 0 Å². The summed E-state index contributed by atoms with van der Waals surface area (Å²) >= 11 is 0. The van der Waals surface area contributed by atoms with Gasteiger partial charge in [0.15, 0.2) is 0 Å². The van der Waals surface area contributed by atoms with Crippen LogP contribution in [0.5, 0.6) is 0 Å². The van der Waals surface area contributed by atoms with Crippen LogP contribution in [0.1, 0.15) is 18.0 Å². The molecule has 0 bridgehead atoms. The first-order valence-electron chi connectivity index (χ1n) is 6.08. The number of anilines is 1. The number of hydrogen-bond donors (Lipinski definition) is 0. The minimum atomic E-state index is -0.476. The summed E-state index contributed by atoms with van der Waals surface area (Å²) in [6, 6.07) is 6.89. The molecule has 96 valence electrons. The highest BCUT2D eigenvalue weighted by Gasteiger charge is 2.40. The van der Waals surface area contributed by atoms with Crippen LogP contribution < -0.4 is 4.90 Å². The SMILES string of the molecule is Cc1ccc(N2C(=O)C[C@H](n3ccnc3)C2=O)cc1. The van der Waals surface area contributed by atoms with E-state index in [9.17, 15) is 9.59 Å². The molecule has 3 rings (SSSR count). The second kappa shape index (κ2) is 4.35. The Kier molecular flexibility index (Phi) is 2.67. The summed E-state index contributed by atoms with van der Waals surface area (Å²) in [7, 11) is 0. The number of benzene rings is 1. The smallest absolute Gasteiger partial charge is 0.257 e. The summed E-state index contributed by atoms with van der Waals surface area (Å²) in [5.41, 5.74) is 1.72. The van der Waals surface area contributed by atoms with Gasteiger partial charge in [0.1, 0.15) is 6.04 Å². The molecule has 2 amide bonds. The van der Waals surface area contributed by atoms with E-state index in [1.807, 2.05) is 19.1 Å². The standard InChI is InChI=1S/C14H13N3O2/c1-10-2-4-11(5-3-10)17-13(18)8-12(14(17)19)16-7-6-15-9-16/h2-7,9,12H,8H2,1H3/t12-/m0/s1. The first kappa shape index (κ1) is 11.6. The van der Waals surface area contributed by atoms with Crippen LogP contribution in [0.4, 0.5) is 5.69 Å². The summed E-state index contributed by atoms with van der Waals surface area (Å²) in [6.45, 7) is 1.96. The number of aromatic nitrogens is 2. The van der Waals surface area contributed by atoms with E-state index in [2.05, 4.69) is 4.98 Å². The number of aryl methyl sites for hydroxylation is 1. The van der Waals surface area contributed by atoms with E-state index in [-0.39, 0.29) is 18.2 Å². The maximum Gasteiger partial charge on any atom is 0.257 e. The number of nitrogens with zero attached hydrogens (tertiary/aromatic N) is 3. The third-order valence-electron chi connectivity index (χ3n) is 3.30. The van der Waals surface area contributed by atoms with Crippen LogP contribution in [0, 0.1) is 6.92 Å². The fourth-order valence-corrected chi connectivity index (χ4v) is 2.27. The quantitative estimate of drug-likeness (QED) is 0.767. The molecule has 1 aliphatic rings. The second-order valence-electron chi connectivity index (χ2n) is 4.63. The Hall–Kier alpha value is -2.43. The Morgan fingerprint density at radius 2 is 1.95 bits per heavy atom.